The molecule has 0 saturated carbocycles. The molecule has 0 fully saturated rings. The number of ketones is 1. The topological polar surface area (TPSA) is 20.9 Å². The van der Waals surface area contributed by atoms with E-state index in [1.165, 1.54) is 16.9 Å². The molecular formula is C14H15BrNOS+. The zero-order valence-electron chi connectivity index (χ0n) is 10.4. The van der Waals surface area contributed by atoms with E-state index >= 15 is 0 Å². The molecule has 2 heterocycles. The zero-order chi connectivity index (χ0) is 13.1. The zero-order valence-corrected chi connectivity index (χ0v) is 12.8. The van der Waals surface area contributed by atoms with Crippen LogP contribution in [0.5, 0.6) is 0 Å². The van der Waals surface area contributed by atoms with E-state index in [4.69, 9.17) is 0 Å². The molecule has 0 radical (unpaired) electrons. The fourth-order valence-electron chi connectivity index (χ4n) is 1.74. The van der Waals surface area contributed by atoms with E-state index in [1.807, 2.05) is 23.6 Å². The summed E-state index contributed by atoms with van der Waals surface area (Å²) >= 11 is 4.87. The van der Waals surface area contributed by atoms with Gasteiger partial charge in [-0.1, -0.05) is 6.92 Å². The normalized spacial score (nSPS) is 10.6. The number of hydrogen-bond acceptors (Lipinski definition) is 2. The van der Waals surface area contributed by atoms with Crippen LogP contribution in [0.2, 0.25) is 0 Å². The first-order valence-corrected chi connectivity index (χ1v) is 7.48. The Kier molecular flexibility index (Phi) is 4.30. The first-order chi connectivity index (χ1) is 8.60. The Morgan fingerprint density at radius 3 is 2.72 bits per heavy atom. The molecule has 0 saturated heterocycles. The summed E-state index contributed by atoms with van der Waals surface area (Å²) in [4.78, 5) is 12.9. The molecule has 2 rings (SSSR count). The minimum absolute atomic E-state index is 0.159. The number of hydrogen-bond donors (Lipinski definition) is 0. The minimum Gasteiger partial charge on any atom is -0.286 e. The molecule has 94 valence electrons. The summed E-state index contributed by atoms with van der Waals surface area (Å²) in [5.41, 5.74) is 2.36. The van der Waals surface area contributed by atoms with E-state index in [1.54, 1.807) is 0 Å². The van der Waals surface area contributed by atoms with E-state index in [0.29, 0.717) is 6.54 Å². The van der Waals surface area contributed by atoms with Crippen LogP contribution in [0, 0.1) is 6.92 Å². The van der Waals surface area contributed by atoms with Gasteiger partial charge in [-0.05, 0) is 40.5 Å². The molecule has 0 amide bonds. The Morgan fingerprint density at radius 1 is 1.33 bits per heavy atom. The molecule has 2 aromatic heterocycles. The summed E-state index contributed by atoms with van der Waals surface area (Å²) in [6.45, 7) is 4.55. The Morgan fingerprint density at radius 2 is 2.11 bits per heavy atom. The average Bonchev–Trinajstić information content (AvgIpc) is 2.79. The lowest BCUT2D eigenvalue weighted by Crippen LogP contribution is -2.40. The number of nitrogens with zero attached hydrogens (tertiary/aromatic N) is 1. The van der Waals surface area contributed by atoms with Crippen molar-refractivity contribution in [2.24, 2.45) is 0 Å². The van der Waals surface area contributed by atoms with E-state index in [-0.39, 0.29) is 5.78 Å². The fraction of sp³-hybridized carbons (Fsp3) is 0.286. The maximum atomic E-state index is 12.1. The summed E-state index contributed by atoms with van der Waals surface area (Å²) < 4.78 is 3.02. The second-order valence-electron chi connectivity index (χ2n) is 4.19. The molecular weight excluding hydrogens is 310 g/mol. The van der Waals surface area contributed by atoms with Gasteiger partial charge in [-0.2, -0.15) is 4.57 Å². The van der Waals surface area contributed by atoms with Crippen molar-refractivity contribution in [1.82, 2.24) is 0 Å². The summed E-state index contributed by atoms with van der Waals surface area (Å²) in [6, 6.07) is 7.96. The molecule has 0 bridgehead atoms. The first-order valence-electron chi connectivity index (χ1n) is 5.87. The Bertz CT molecular complexity index is 577. The van der Waals surface area contributed by atoms with Gasteiger partial charge in [-0.3, -0.25) is 4.79 Å². The maximum Gasteiger partial charge on any atom is 0.237 e. The van der Waals surface area contributed by atoms with Crippen LogP contribution in [-0.4, -0.2) is 5.78 Å². The maximum absolute atomic E-state index is 12.1. The van der Waals surface area contributed by atoms with Crippen molar-refractivity contribution in [3.63, 3.8) is 0 Å². The van der Waals surface area contributed by atoms with Crippen molar-refractivity contribution in [1.29, 1.82) is 0 Å². The second kappa shape index (κ2) is 5.76. The van der Waals surface area contributed by atoms with Gasteiger partial charge in [0, 0.05) is 18.6 Å². The average molecular weight is 325 g/mol. The second-order valence-corrected chi connectivity index (χ2v) is 6.65. The van der Waals surface area contributed by atoms with Gasteiger partial charge in [-0.15, -0.1) is 11.3 Å². The van der Waals surface area contributed by atoms with Gasteiger partial charge in [-0.25, -0.2) is 0 Å². The predicted octanol–water partition coefficient (Wildman–Crippen LogP) is 3.55. The number of thiophene rings is 1. The van der Waals surface area contributed by atoms with Crippen molar-refractivity contribution in [3.8, 4) is 0 Å². The van der Waals surface area contributed by atoms with Crippen molar-refractivity contribution in [2.45, 2.75) is 26.8 Å². The molecule has 2 aromatic rings. The quantitative estimate of drug-likeness (QED) is 0.622. The monoisotopic (exact) mass is 324 g/mol. The molecule has 0 aromatic carbocycles. The van der Waals surface area contributed by atoms with Crippen LogP contribution in [0.1, 0.15) is 27.9 Å². The number of Topliss-reactive ketones (excluding diaryl/α,β-unsaturated/α-hetero) is 1. The third kappa shape index (κ3) is 3.06. The Labute approximate surface area is 119 Å². The van der Waals surface area contributed by atoms with Gasteiger partial charge < -0.3 is 0 Å². The minimum atomic E-state index is 0.159. The number of aryl methyl sites for hydroxylation is 2. The number of carbonyl (C=O) groups is 1. The van der Waals surface area contributed by atoms with Crippen LogP contribution in [0.15, 0.2) is 34.2 Å². The third-order valence-corrected chi connectivity index (χ3v) is 4.55. The SMILES string of the molecule is CCc1ccc(C)[n+](CC(=O)c2ccc(Br)s2)c1. The van der Waals surface area contributed by atoms with Gasteiger partial charge in [0.2, 0.25) is 12.3 Å². The van der Waals surface area contributed by atoms with Crippen molar-refractivity contribution >= 4 is 33.0 Å². The van der Waals surface area contributed by atoms with E-state index in [2.05, 4.69) is 41.2 Å². The Balaban J connectivity index is 2.21. The van der Waals surface area contributed by atoms with Crippen molar-refractivity contribution in [2.75, 3.05) is 0 Å². The van der Waals surface area contributed by atoms with Crippen LogP contribution in [0.25, 0.3) is 0 Å². The van der Waals surface area contributed by atoms with E-state index in [0.717, 1.165) is 20.8 Å². The van der Waals surface area contributed by atoms with E-state index < -0.39 is 0 Å². The number of aromatic nitrogens is 1. The highest BCUT2D eigenvalue weighted by molar-refractivity contribution is 9.11. The smallest absolute Gasteiger partial charge is 0.237 e. The van der Waals surface area contributed by atoms with Gasteiger partial charge in [0.05, 0.1) is 8.66 Å². The van der Waals surface area contributed by atoms with Gasteiger partial charge >= 0.3 is 0 Å². The van der Waals surface area contributed by atoms with Crippen LogP contribution in [0.3, 0.4) is 0 Å². The number of carbonyl (C=O) groups excluding carboxylic acids is 1. The molecule has 0 aliphatic rings. The van der Waals surface area contributed by atoms with Gasteiger partial charge in [0.15, 0.2) is 11.9 Å². The van der Waals surface area contributed by atoms with Crippen molar-refractivity contribution < 1.29 is 9.36 Å². The predicted molar refractivity (Wildman–Crippen MR) is 77.1 cm³/mol. The van der Waals surface area contributed by atoms with Crippen LogP contribution in [0.4, 0.5) is 0 Å². The molecule has 0 unspecified atom stereocenters. The first kappa shape index (κ1) is 13.4. The lowest BCUT2D eigenvalue weighted by Gasteiger charge is -2.01. The number of rotatable bonds is 4. The molecule has 0 atom stereocenters. The summed E-state index contributed by atoms with van der Waals surface area (Å²) in [6.07, 6.45) is 3.05. The van der Waals surface area contributed by atoms with Crippen molar-refractivity contribution in [3.05, 3.63) is 50.4 Å². The molecule has 0 aliphatic heterocycles. The molecule has 2 nitrogen and oxygen atoms in total. The Hall–Kier alpha value is -1.000. The third-order valence-electron chi connectivity index (χ3n) is 2.88. The lowest BCUT2D eigenvalue weighted by molar-refractivity contribution is -0.689. The van der Waals surface area contributed by atoms with Crippen LogP contribution < -0.4 is 4.57 Å². The number of pyridine rings is 1. The molecule has 0 N–H and O–H groups in total. The molecule has 0 aliphatic carbocycles. The van der Waals surface area contributed by atoms with Gasteiger partial charge in [0.1, 0.15) is 0 Å². The fourth-order valence-corrected chi connectivity index (χ4v) is 3.06. The molecule has 4 heteroatoms. The summed E-state index contributed by atoms with van der Waals surface area (Å²) in [7, 11) is 0. The van der Waals surface area contributed by atoms with Gasteiger partial charge in [0.25, 0.3) is 0 Å². The summed E-state index contributed by atoms with van der Waals surface area (Å²) in [5.74, 6) is 0.159. The number of halogens is 1. The highest BCUT2D eigenvalue weighted by Gasteiger charge is 2.16. The standard InChI is InChI=1S/C14H15BrNOS/c1-3-11-5-4-10(2)16(8-11)9-12(17)13-6-7-14(15)18-13/h4-8H,3,9H2,1-2H3/q+1. The highest BCUT2D eigenvalue weighted by Crippen LogP contribution is 2.22. The summed E-state index contributed by atoms with van der Waals surface area (Å²) in [5, 5.41) is 0. The molecule has 18 heavy (non-hydrogen) atoms. The van der Waals surface area contributed by atoms with Crippen LogP contribution in [-0.2, 0) is 13.0 Å². The highest BCUT2D eigenvalue weighted by atomic mass is 79.9. The molecule has 0 spiro atoms. The lowest BCUT2D eigenvalue weighted by atomic mass is 10.2. The van der Waals surface area contributed by atoms with Crippen LogP contribution >= 0.6 is 27.3 Å². The largest absolute Gasteiger partial charge is 0.286 e. The van der Waals surface area contributed by atoms with E-state index in [9.17, 15) is 4.79 Å².